The van der Waals surface area contributed by atoms with Crippen molar-refractivity contribution in [2.45, 2.75) is 0 Å². The molecule has 0 aromatic heterocycles. The monoisotopic (exact) mass is 324 g/mol. The van der Waals surface area contributed by atoms with E-state index in [1.165, 1.54) is 23.1 Å². The van der Waals surface area contributed by atoms with Gasteiger partial charge < -0.3 is 4.90 Å². The molecule has 0 fully saturated rings. The Hall–Kier alpha value is -0.980. The molecule has 0 aliphatic rings. The summed E-state index contributed by atoms with van der Waals surface area (Å²) in [5, 5.41) is 0.561. The van der Waals surface area contributed by atoms with Crippen molar-refractivity contribution >= 4 is 44.8 Å². The molecule has 0 radical (unpaired) electrons. The summed E-state index contributed by atoms with van der Waals surface area (Å²) in [4.78, 5) is 13.0. The number of anilines is 1. The average Bonchev–Trinajstić information content (AvgIpc) is 2.24. The number of sulfonamides is 1. The third-order valence-electron chi connectivity index (χ3n) is 2.36. The van der Waals surface area contributed by atoms with Crippen LogP contribution >= 0.6 is 23.2 Å². The van der Waals surface area contributed by atoms with E-state index >= 15 is 0 Å². The van der Waals surface area contributed by atoms with Crippen LogP contribution in [0.25, 0.3) is 0 Å². The van der Waals surface area contributed by atoms with Gasteiger partial charge in [0, 0.05) is 19.1 Å². The van der Waals surface area contributed by atoms with Crippen molar-refractivity contribution in [2.75, 3.05) is 31.2 Å². The van der Waals surface area contributed by atoms with E-state index in [2.05, 4.69) is 0 Å². The fraction of sp³-hybridized carbons (Fsp3) is 0.364. The first-order valence-corrected chi connectivity index (χ1v) is 7.86. The lowest BCUT2D eigenvalue weighted by atomic mass is 10.3. The van der Waals surface area contributed by atoms with E-state index in [0.29, 0.717) is 5.02 Å². The summed E-state index contributed by atoms with van der Waals surface area (Å²) in [6, 6.07) is 4.41. The van der Waals surface area contributed by atoms with Crippen LogP contribution in [-0.2, 0) is 14.8 Å². The standard InChI is InChI=1S/C11H14Cl2N2O3S/c1-14(2)11(16)7-15(19(3,17)18)10-5-4-8(12)6-9(10)13/h4-6H,7H2,1-3H3. The lowest BCUT2D eigenvalue weighted by molar-refractivity contribution is -0.127. The molecule has 0 heterocycles. The van der Waals surface area contributed by atoms with Crippen molar-refractivity contribution < 1.29 is 13.2 Å². The maximum absolute atomic E-state index is 11.8. The van der Waals surface area contributed by atoms with Crippen LogP contribution in [0, 0.1) is 0 Å². The zero-order valence-corrected chi connectivity index (χ0v) is 13.1. The van der Waals surface area contributed by atoms with Crippen LogP contribution in [0.1, 0.15) is 0 Å². The molecule has 5 nitrogen and oxygen atoms in total. The van der Waals surface area contributed by atoms with Gasteiger partial charge in [-0.2, -0.15) is 0 Å². The van der Waals surface area contributed by atoms with Crippen LogP contribution in [0.2, 0.25) is 10.0 Å². The van der Waals surface area contributed by atoms with Crippen LogP contribution in [0.3, 0.4) is 0 Å². The molecule has 0 aliphatic carbocycles. The van der Waals surface area contributed by atoms with Crippen molar-refractivity contribution in [1.82, 2.24) is 4.90 Å². The molecule has 1 rings (SSSR count). The van der Waals surface area contributed by atoms with Crippen molar-refractivity contribution in [1.29, 1.82) is 0 Å². The number of nitrogens with zero attached hydrogens (tertiary/aromatic N) is 2. The maximum Gasteiger partial charge on any atom is 0.242 e. The predicted molar refractivity (Wildman–Crippen MR) is 77.3 cm³/mol. The van der Waals surface area contributed by atoms with Gasteiger partial charge in [-0.05, 0) is 18.2 Å². The first-order chi connectivity index (χ1) is 8.62. The van der Waals surface area contributed by atoms with Gasteiger partial charge in [0.25, 0.3) is 0 Å². The molecule has 1 aromatic carbocycles. The number of hydrogen-bond donors (Lipinski definition) is 0. The Morgan fingerprint density at radius 3 is 2.26 bits per heavy atom. The Balaban J connectivity index is 3.22. The molecule has 0 spiro atoms. The van der Waals surface area contributed by atoms with E-state index in [1.54, 1.807) is 14.1 Å². The number of likely N-dealkylation sites (N-methyl/N-ethyl adjacent to an activating group) is 1. The lowest BCUT2D eigenvalue weighted by Gasteiger charge is -2.24. The minimum absolute atomic E-state index is 0.171. The van der Waals surface area contributed by atoms with Gasteiger partial charge in [0.15, 0.2) is 0 Å². The van der Waals surface area contributed by atoms with Gasteiger partial charge in [-0.1, -0.05) is 23.2 Å². The number of hydrogen-bond acceptors (Lipinski definition) is 3. The molecule has 106 valence electrons. The Morgan fingerprint density at radius 2 is 1.84 bits per heavy atom. The summed E-state index contributed by atoms with van der Waals surface area (Å²) in [7, 11) is -0.528. The smallest absolute Gasteiger partial charge is 0.242 e. The fourth-order valence-electron chi connectivity index (χ4n) is 1.33. The SMILES string of the molecule is CN(C)C(=O)CN(c1ccc(Cl)cc1Cl)S(C)(=O)=O. The van der Waals surface area contributed by atoms with Crippen LogP contribution in [0.15, 0.2) is 18.2 Å². The zero-order valence-electron chi connectivity index (χ0n) is 10.7. The van der Waals surface area contributed by atoms with Crippen molar-refractivity contribution in [3.8, 4) is 0 Å². The maximum atomic E-state index is 11.8. The van der Waals surface area contributed by atoms with Crippen molar-refractivity contribution in [2.24, 2.45) is 0 Å². The lowest BCUT2D eigenvalue weighted by Crippen LogP contribution is -2.40. The Kier molecular flexibility index (Phi) is 5.06. The number of benzene rings is 1. The molecular weight excluding hydrogens is 311 g/mol. The van der Waals surface area contributed by atoms with E-state index in [0.717, 1.165) is 10.6 Å². The minimum Gasteiger partial charge on any atom is -0.347 e. The summed E-state index contributed by atoms with van der Waals surface area (Å²) in [5.74, 6) is -0.351. The molecule has 0 bridgehead atoms. The van der Waals surface area contributed by atoms with Crippen molar-refractivity contribution in [3.63, 3.8) is 0 Å². The third kappa shape index (κ3) is 4.26. The second-order valence-corrected chi connectivity index (χ2v) is 6.90. The molecule has 0 N–H and O–H groups in total. The largest absolute Gasteiger partial charge is 0.347 e. The van der Waals surface area contributed by atoms with Crippen LogP contribution < -0.4 is 4.31 Å². The molecule has 1 amide bonds. The minimum atomic E-state index is -3.62. The Bertz CT molecular complexity index is 588. The highest BCUT2D eigenvalue weighted by Gasteiger charge is 2.23. The van der Waals surface area contributed by atoms with E-state index < -0.39 is 10.0 Å². The highest BCUT2D eigenvalue weighted by atomic mass is 35.5. The number of amides is 1. The quantitative estimate of drug-likeness (QED) is 0.849. The topological polar surface area (TPSA) is 57.7 Å². The van der Waals surface area contributed by atoms with Gasteiger partial charge in [-0.25, -0.2) is 8.42 Å². The normalized spacial score (nSPS) is 11.2. The molecule has 0 atom stereocenters. The van der Waals surface area contributed by atoms with Gasteiger partial charge in [-0.15, -0.1) is 0 Å². The van der Waals surface area contributed by atoms with E-state index in [1.807, 2.05) is 0 Å². The average molecular weight is 325 g/mol. The number of halogens is 2. The number of carbonyl (C=O) groups excluding carboxylic acids is 1. The highest BCUT2D eigenvalue weighted by Crippen LogP contribution is 2.30. The van der Waals surface area contributed by atoms with Gasteiger partial charge in [-0.3, -0.25) is 9.10 Å². The summed E-state index contributed by atoms with van der Waals surface area (Å²) in [5.41, 5.74) is 0.226. The first-order valence-electron chi connectivity index (χ1n) is 5.26. The molecule has 1 aromatic rings. The molecule has 0 saturated carbocycles. The zero-order chi connectivity index (χ0) is 14.8. The fourth-order valence-corrected chi connectivity index (χ4v) is 2.75. The van der Waals surface area contributed by atoms with Gasteiger partial charge >= 0.3 is 0 Å². The first kappa shape index (κ1) is 16.1. The van der Waals surface area contributed by atoms with E-state index in [9.17, 15) is 13.2 Å². The molecular formula is C11H14Cl2N2O3S. The van der Waals surface area contributed by atoms with Crippen LogP contribution in [-0.4, -0.2) is 46.1 Å². The van der Waals surface area contributed by atoms with Crippen molar-refractivity contribution in [3.05, 3.63) is 28.2 Å². The summed E-state index contributed by atoms with van der Waals surface area (Å²) < 4.78 is 24.5. The number of rotatable bonds is 4. The van der Waals surface area contributed by atoms with E-state index in [4.69, 9.17) is 23.2 Å². The summed E-state index contributed by atoms with van der Waals surface area (Å²) >= 11 is 11.7. The van der Waals surface area contributed by atoms with E-state index in [-0.39, 0.29) is 23.2 Å². The van der Waals surface area contributed by atoms with Gasteiger partial charge in [0.05, 0.1) is 17.0 Å². The molecule has 8 heteroatoms. The second kappa shape index (κ2) is 5.98. The summed E-state index contributed by atoms with van der Waals surface area (Å²) in [6.07, 6.45) is 1.01. The molecule has 19 heavy (non-hydrogen) atoms. The Morgan fingerprint density at radius 1 is 1.26 bits per heavy atom. The van der Waals surface area contributed by atoms with Gasteiger partial charge in [0.1, 0.15) is 6.54 Å². The third-order valence-corrected chi connectivity index (χ3v) is 4.02. The highest BCUT2D eigenvalue weighted by molar-refractivity contribution is 7.92. The van der Waals surface area contributed by atoms with Crippen LogP contribution in [0.4, 0.5) is 5.69 Å². The molecule has 0 saturated heterocycles. The number of carbonyl (C=O) groups is 1. The molecule has 0 unspecified atom stereocenters. The predicted octanol–water partition coefficient (Wildman–Crippen LogP) is 1.85. The van der Waals surface area contributed by atoms with Gasteiger partial charge in [0.2, 0.25) is 15.9 Å². The second-order valence-electron chi connectivity index (χ2n) is 4.15. The van der Waals surface area contributed by atoms with Crippen LogP contribution in [0.5, 0.6) is 0 Å². The molecule has 0 aliphatic heterocycles. The summed E-state index contributed by atoms with van der Waals surface area (Å²) in [6.45, 7) is -0.312. The Labute approximate surface area is 122 Å².